The molecule has 1 saturated carbocycles. The number of carbonyl (C=O) groups is 2. The van der Waals surface area contributed by atoms with E-state index in [1.807, 2.05) is 6.92 Å². The highest BCUT2D eigenvalue weighted by Gasteiger charge is 2.50. The Morgan fingerprint density at radius 1 is 1.31 bits per heavy atom. The number of hydrogen-bond acceptors (Lipinski definition) is 3. The first kappa shape index (κ1) is 11.4. The van der Waals surface area contributed by atoms with Gasteiger partial charge in [0.05, 0.1) is 17.9 Å². The van der Waals surface area contributed by atoms with Gasteiger partial charge in [-0.1, -0.05) is 6.92 Å². The third-order valence-corrected chi connectivity index (χ3v) is 3.60. The lowest BCUT2D eigenvalue weighted by molar-refractivity contribution is -0.143. The van der Waals surface area contributed by atoms with E-state index in [9.17, 15) is 14.7 Å². The third kappa shape index (κ3) is 2.04. The van der Waals surface area contributed by atoms with Crippen LogP contribution in [0.5, 0.6) is 0 Å². The lowest BCUT2D eigenvalue weighted by atomic mass is 9.96. The minimum Gasteiger partial charge on any atom is -0.481 e. The van der Waals surface area contributed by atoms with Crippen molar-refractivity contribution in [1.82, 2.24) is 4.90 Å². The Hall–Kier alpha value is -1.10. The molecule has 0 aromatic rings. The van der Waals surface area contributed by atoms with Crippen molar-refractivity contribution in [2.75, 3.05) is 13.1 Å². The number of carboxylic acids is 1. The highest BCUT2D eigenvalue weighted by atomic mass is 16.4. The topological polar surface area (TPSA) is 77.8 Å². The summed E-state index contributed by atoms with van der Waals surface area (Å²) in [6.45, 7) is 3.00. The maximum atomic E-state index is 11.9. The number of aliphatic hydroxyl groups is 1. The molecule has 5 nitrogen and oxygen atoms in total. The number of nitrogens with zero attached hydrogens (tertiary/aromatic N) is 1. The van der Waals surface area contributed by atoms with E-state index in [1.54, 1.807) is 4.90 Å². The van der Waals surface area contributed by atoms with E-state index in [1.165, 1.54) is 0 Å². The van der Waals surface area contributed by atoms with Crippen LogP contribution in [0, 0.1) is 17.8 Å². The summed E-state index contributed by atoms with van der Waals surface area (Å²) < 4.78 is 0. The van der Waals surface area contributed by atoms with Gasteiger partial charge in [0.1, 0.15) is 0 Å². The zero-order valence-corrected chi connectivity index (χ0v) is 9.30. The smallest absolute Gasteiger partial charge is 0.307 e. The molecule has 0 aromatic heterocycles. The normalized spacial score (nSPS) is 38.2. The highest BCUT2D eigenvalue weighted by Crippen LogP contribution is 2.40. The average Bonchev–Trinajstić information content (AvgIpc) is 3.01. The number of amides is 1. The van der Waals surface area contributed by atoms with E-state index in [0.29, 0.717) is 25.9 Å². The minimum absolute atomic E-state index is 0.0499. The molecule has 2 aliphatic rings. The first-order valence-electron chi connectivity index (χ1n) is 5.70. The van der Waals surface area contributed by atoms with Crippen LogP contribution in [0.1, 0.15) is 19.8 Å². The number of likely N-dealkylation sites (tertiary alicyclic amines) is 1. The summed E-state index contributed by atoms with van der Waals surface area (Å²) in [7, 11) is 0. The lowest BCUT2D eigenvalue weighted by Gasteiger charge is -2.34. The number of aliphatic carboxylic acids is 1. The molecule has 1 aliphatic heterocycles. The molecule has 0 bridgehead atoms. The van der Waals surface area contributed by atoms with E-state index in [4.69, 9.17) is 5.11 Å². The fourth-order valence-corrected chi connectivity index (χ4v) is 2.31. The average molecular weight is 227 g/mol. The Labute approximate surface area is 94.0 Å². The van der Waals surface area contributed by atoms with E-state index >= 15 is 0 Å². The SMILES string of the molecule is CC1CN(C(=O)[C@@H]2C[C@@H]2C(=O)O)CCC1O. The first-order valence-corrected chi connectivity index (χ1v) is 5.70. The van der Waals surface area contributed by atoms with Gasteiger partial charge in [-0.2, -0.15) is 0 Å². The van der Waals surface area contributed by atoms with Gasteiger partial charge in [0.2, 0.25) is 5.91 Å². The predicted octanol–water partition coefficient (Wildman–Crippen LogP) is -0.0636. The summed E-state index contributed by atoms with van der Waals surface area (Å²) in [5.74, 6) is -1.64. The summed E-state index contributed by atoms with van der Waals surface area (Å²) in [5, 5.41) is 18.3. The maximum Gasteiger partial charge on any atom is 0.307 e. The largest absolute Gasteiger partial charge is 0.481 e. The van der Waals surface area contributed by atoms with Crippen molar-refractivity contribution in [3.8, 4) is 0 Å². The second-order valence-corrected chi connectivity index (χ2v) is 4.90. The maximum absolute atomic E-state index is 11.9. The molecule has 16 heavy (non-hydrogen) atoms. The van der Waals surface area contributed by atoms with Crippen LogP contribution in [0.4, 0.5) is 0 Å². The molecule has 2 unspecified atom stereocenters. The molecule has 4 atom stereocenters. The number of carboxylic acid groups (broad SMARTS) is 1. The van der Waals surface area contributed by atoms with Crippen LogP contribution in [-0.4, -0.2) is 46.2 Å². The zero-order valence-electron chi connectivity index (χ0n) is 9.30. The molecule has 1 saturated heterocycles. The van der Waals surface area contributed by atoms with Gasteiger partial charge in [-0.3, -0.25) is 9.59 Å². The van der Waals surface area contributed by atoms with Crippen LogP contribution >= 0.6 is 0 Å². The van der Waals surface area contributed by atoms with Crippen LogP contribution in [0.15, 0.2) is 0 Å². The highest BCUT2D eigenvalue weighted by molar-refractivity contribution is 5.89. The number of piperidine rings is 1. The van der Waals surface area contributed by atoms with Crippen molar-refractivity contribution in [2.45, 2.75) is 25.9 Å². The number of hydrogen-bond donors (Lipinski definition) is 2. The molecule has 1 amide bonds. The Morgan fingerprint density at radius 3 is 2.50 bits per heavy atom. The minimum atomic E-state index is -0.872. The predicted molar refractivity (Wildman–Crippen MR) is 55.6 cm³/mol. The Balaban J connectivity index is 1.90. The van der Waals surface area contributed by atoms with Crippen LogP contribution < -0.4 is 0 Å². The Bertz CT molecular complexity index is 317. The molecule has 1 heterocycles. The van der Waals surface area contributed by atoms with Gasteiger partial charge in [-0.15, -0.1) is 0 Å². The summed E-state index contributed by atoms with van der Waals surface area (Å²) in [6, 6.07) is 0. The van der Waals surface area contributed by atoms with Crippen molar-refractivity contribution in [2.24, 2.45) is 17.8 Å². The molecule has 2 N–H and O–H groups in total. The molecule has 0 spiro atoms. The van der Waals surface area contributed by atoms with Crippen molar-refractivity contribution in [3.63, 3.8) is 0 Å². The number of carbonyl (C=O) groups excluding carboxylic acids is 1. The van der Waals surface area contributed by atoms with Crippen molar-refractivity contribution in [3.05, 3.63) is 0 Å². The van der Waals surface area contributed by atoms with Gasteiger partial charge < -0.3 is 15.1 Å². The van der Waals surface area contributed by atoms with E-state index in [2.05, 4.69) is 0 Å². The van der Waals surface area contributed by atoms with Crippen LogP contribution in [0.25, 0.3) is 0 Å². The van der Waals surface area contributed by atoms with Gasteiger partial charge in [0, 0.05) is 13.1 Å². The summed E-state index contributed by atoms with van der Waals surface area (Å²) in [4.78, 5) is 24.3. The quantitative estimate of drug-likeness (QED) is 0.692. The summed E-state index contributed by atoms with van der Waals surface area (Å²) in [5.41, 5.74) is 0. The monoisotopic (exact) mass is 227 g/mol. The number of rotatable bonds is 2. The summed E-state index contributed by atoms with van der Waals surface area (Å²) in [6.07, 6.45) is 0.734. The van der Waals surface area contributed by atoms with E-state index in [0.717, 1.165) is 0 Å². The zero-order chi connectivity index (χ0) is 11.9. The van der Waals surface area contributed by atoms with Gasteiger partial charge in [-0.25, -0.2) is 0 Å². The van der Waals surface area contributed by atoms with Crippen LogP contribution in [-0.2, 0) is 9.59 Å². The Morgan fingerprint density at radius 2 is 2.00 bits per heavy atom. The van der Waals surface area contributed by atoms with Crippen molar-refractivity contribution in [1.29, 1.82) is 0 Å². The van der Waals surface area contributed by atoms with Crippen molar-refractivity contribution >= 4 is 11.9 Å². The van der Waals surface area contributed by atoms with Gasteiger partial charge in [-0.05, 0) is 18.8 Å². The summed E-state index contributed by atoms with van der Waals surface area (Å²) >= 11 is 0. The van der Waals surface area contributed by atoms with Gasteiger partial charge in [0.15, 0.2) is 0 Å². The van der Waals surface area contributed by atoms with Crippen LogP contribution in [0.3, 0.4) is 0 Å². The van der Waals surface area contributed by atoms with E-state index in [-0.39, 0.29) is 23.8 Å². The first-order chi connectivity index (χ1) is 7.50. The molecule has 2 fully saturated rings. The molecule has 2 rings (SSSR count). The number of aliphatic hydroxyl groups excluding tert-OH is 1. The molecule has 0 aromatic carbocycles. The van der Waals surface area contributed by atoms with Crippen LogP contribution in [0.2, 0.25) is 0 Å². The fraction of sp³-hybridized carbons (Fsp3) is 0.818. The second kappa shape index (κ2) is 4.05. The second-order valence-electron chi connectivity index (χ2n) is 4.90. The van der Waals surface area contributed by atoms with Gasteiger partial charge in [0.25, 0.3) is 0 Å². The molecule has 90 valence electrons. The molecular weight excluding hydrogens is 210 g/mol. The molecule has 1 aliphatic carbocycles. The lowest BCUT2D eigenvalue weighted by Crippen LogP contribution is -2.45. The van der Waals surface area contributed by atoms with Crippen molar-refractivity contribution < 1.29 is 19.8 Å². The van der Waals surface area contributed by atoms with E-state index < -0.39 is 11.9 Å². The third-order valence-electron chi connectivity index (χ3n) is 3.60. The van der Waals surface area contributed by atoms with Gasteiger partial charge >= 0.3 is 5.97 Å². The molecule has 5 heteroatoms. The standard InChI is InChI=1S/C11H17NO4/c1-6-5-12(3-2-9(6)13)10(14)7-4-8(7)11(15)16/h6-9,13H,2-5H2,1H3,(H,15,16)/t6?,7-,8+,9?/m1/s1. The molecular formula is C11H17NO4. The fourth-order valence-electron chi connectivity index (χ4n) is 2.31. The Kier molecular flexibility index (Phi) is 2.88. The molecule has 0 radical (unpaired) electrons.